The molecule has 68 valence electrons. The summed E-state index contributed by atoms with van der Waals surface area (Å²) in [7, 11) is 1.64. The molecule has 0 spiro atoms. The molecule has 0 heterocycles. The van der Waals surface area contributed by atoms with Crippen molar-refractivity contribution in [2.75, 3.05) is 7.05 Å². The van der Waals surface area contributed by atoms with E-state index in [0.717, 1.165) is 5.56 Å². The number of rotatable bonds is 1. The molecule has 1 aromatic rings. The van der Waals surface area contributed by atoms with E-state index in [1.807, 2.05) is 0 Å². The predicted molar refractivity (Wildman–Crippen MR) is 58.5 cm³/mol. The first kappa shape index (κ1) is 10.2. The Bertz CT molecular complexity index is 338. The number of hydrogen-bond donors (Lipinski definition) is 0. The number of aliphatic imine (C=N–C) groups is 2. The maximum absolute atomic E-state index is 5.81. The summed E-state index contributed by atoms with van der Waals surface area (Å²) in [6, 6.07) is 5.14. The number of nitrogens with zero attached hydrogens (tertiary/aromatic N) is 2. The number of amidine groups is 1. The normalized spacial score (nSPS) is 11.5. The number of halogens is 2. The van der Waals surface area contributed by atoms with Gasteiger partial charge in [-0.25, -0.2) is 4.99 Å². The van der Waals surface area contributed by atoms with Crippen molar-refractivity contribution in [3.63, 3.8) is 0 Å². The lowest BCUT2D eigenvalue weighted by atomic mass is 10.2. The van der Waals surface area contributed by atoms with E-state index >= 15 is 0 Å². The lowest BCUT2D eigenvalue weighted by Gasteiger charge is -2.00. The fourth-order valence-electron chi connectivity index (χ4n) is 0.974. The molecule has 1 aromatic carbocycles. The molecule has 0 saturated heterocycles. The third kappa shape index (κ3) is 2.54. The highest BCUT2D eigenvalue weighted by Gasteiger charge is 2.02. The summed E-state index contributed by atoms with van der Waals surface area (Å²) in [5.41, 5.74) is 0.773. The van der Waals surface area contributed by atoms with E-state index in [4.69, 9.17) is 23.2 Å². The molecular weight excluding hydrogens is 207 g/mol. The van der Waals surface area contributed by atoms with Gasteiger partial charge in [-0.15, -0.1) is 0 Å². The average Bonchev–Trinajstić information content (AvgIpc) is 2.04. The Morgan fingerprint density at radius 3 is 2.15 bits per heavy atom. The molecule has 0 bridgehead atoms. The first-order valence-electron chi connectivity index (χ1n) is 3.57. The van der Waals surface area contributed by atoms with Gasteiger partial charge in [0.1, 0.15) is 0 Å². The molecule has 0 aromatic heterocycles. The minimum Gasteiger partial charge on any atom is -0.270 e. The Morgan fingerprint density at radius 2 is 1.77 bits per heavy atom. The Balaban J connectivity index is 3.21. The molecule has 0 aliphatic rings. The van der Waals surface area contributed by atoms with Gasteiger partial charge in [0.15, 0.2) is 5.84 Å². The van der Waals surface area contributed by atoms with Gasteiger partial charge in [0.25, 0.3) is 0 Å². The minimum absolute atomic E-state index is 0.532. The second-order valence-corrected chi connectivity index (χ2v) is 3.24. The Kier molecular flexibility index (Phi) is 3.46. The van der Waals surface area contributed by atoms with Crippen LogP contribution in [0.15, 0.2) is 28.2 Å². The molecule has 0 saturated carbocycles. The highest BCUT2D eigenvalue weighted by molar-refractivity contribution is 6.35. The van der Waals surface area contributed by atoms with E-state index in [-0.39, 0.29) is 0 Å². The maximum Gasteiger partial charge on any atom is 0.153 e. The van der Waals surface area contributed by atoms with E-state index in [2.05, 4.69) is 16.7 Å². The highest BCUT2D eigenvalue weighted by atomic mass is 35.5. The van der Waals surface area contributed by atoms with Crippen LogP contribution >= 0.6 is 23.2 Å². The van der Waals surface area contributed by atoms with Gasteiger partial charge >= 0.3 is 0 Å². The zero-order valence-electron chi connectivity index (χ0n) is 7.09. The third-order valence-corrected chi connectivity index (χ3v) is 1.92. The minimum atomic E-state index is 0.532. The van der Waals surface area contributed by atoms with Crippen molar-refractivity contribution in [2.24, 2.45) is 9.98 Å². The van der Waals surface area contributed by atoms with Gasteiger partial charge in [0, 0.05) is 22.7 Å². The van der Waals surface area contributed by atoms with Crippen molar-refractivity contribution in [1.29, 1.82) is 0 Å². The van der Waals surface area contributed by atoms with Crippen molar-refractivity contribution in [1.82, 2.24) is 0 Å². The molecule has 13 heavy (non-hydrogen) atoms. The predicted octanol–water partition coefficient (Wildman–Crippen LogP) is 3.07. The first-order valence-corrected chi connectivity index (χ1v) is 4.33. The summed E-state index contributed by atoms with van der Waals surface area (Å²) in [6.45, 7) is 3.40. The van der Waals surface area contributed by atoms with Gasteiger partial charge in [-0.05, 0) is 24.9 Å². The molecule has 2 nitrogen and oxygen atoms in total. The van der Waals surface area contributed by atoms with Gasteiger partial charge < -0.3 is 0 Å². The van der Waals surface area contributed by atoms with Crippen molar-refractivity contribution >= 4 is 35.8 Å². The second kappa shape index (κ2) is 4.40. The fourth-order valence-corrected chi connectivity index (χ4v) is 1.50. The van der Waals surface area contributed by atoms with E-state index in [1.54, 1.807) is 25.2 Å². The topological polar surface area (TPSA) is 24.7 Å². The van der Waals surface area contributed by atoms with Gasteiger partial charge in [0.05, 0.1) is 0 Å². The number of hydrogen-bond acceptors (Lipinski definition) is 1. The highest BCUT2D eigenvalue weighted by Crippen LogP contribution is 2.19. The van der Waals surface area contributed by atoms with Crippen LogP contribution in [-0.2, 0) is 0 Å². The standard InChI is InChI=1S/C9H8Cl2N2/c1-12-9(13-2)6-3-7(10)5-8(11)4-6/h3-5H,1H2,2H3/b13-9-. The molecule has 0 atom stereocenters. The molecule has 0 fully saturated rings. The monoisotopic (exact) mass is 214 g/mol. The molecule has 0 unspecified atom stereocenters. The summed E-state index contributed by atoms with van der Waals surface area (Å²) < 4.78 is 0. The van der Waals surface area contributed by atoms with Crippen LogP contribution in [0.4, 0.5) is 0 Å². The average molecular weight is 215 g/mol. The third-order valence-electron chi connectivity index (χ3n) is 1.48. The van der Waals surface area contributed by atoms with Gasteiger partial charge in [-0.1, -0.05) is 23.2 Å². The second-order valence-electron chi connectivity index (χ2n) is 2.36. The quantitative estimate of drug-likeness (QED) is 0.508. The molecule has 0 amide bonds. The Morgan fingerprint density at radius 1 is 1.23 bits per heavy atom. The van der Waals surface area contributed by atoms with Gasteiger partial charge in [-0.2, -0.15) is 0 Å². The fraction of sp³-hybridized carbons (Fsp3) is 0.111. The lowest BCUT2D eigenvalue weighted by Crippen LogP contribution is -1.95. The van der Waals surface area contributed by atoms with E-state index in [9.17, 15) is 0 Å². The zero-order chi connectivity index (χ0) is 9.84. The van der Waals surface area contributed by atoms with Crippen molar-refractivity contribution in [3.05, 3.63) is 33.8 Å². The zero-order valence-corrected chi connectivity index (χ0v) is 8.60. The summed E-state index contributed by atoms with van der Waals surface area (Å²) >= 11 is 11.6. The largest absolute Gasteiger partial charge is 0.270 e. The maximum atomic E-state index is 5.81. The van der Waals surface area contributed by atoms with Gasteiger partial charge in [-0.3, -0.25) is 4.99 Å². The van der Waals surface area contributed by atoms with Crippen LogP contribution in [0.2, 0.25) is 10.0 Å². The van der Waals surface area contributed by atoms with Crippen LogP contribution in [0, 0.1) is 0 Å². The molecule has 0 aliphatic heterocycles. The SMILES string of the molecule is C=N/C(=N\C)c1cc(Cl)cc(Cl)c1. The van der Waals surface area contributed by atoms with Crippen LogP contribution in [-0.4, -0.2) is 19.6 Å². The van der Waals surface area contributed by atoms with Crippen LogP contribution in [0.3, 0.4) is 0 Å². The van der Waals surface area contributed by atoms with E-state index in [0.29, 0.717) is 15.9 Å². The van der Waals surface area contributed by atoms with Crippen molar-refractivity contribution < 1.29 is 0 Å². The van der Waals surface area contributed by atoms with Crippen LogP contribution in [0.25, 0.3) is 0 Å². The smallest absolute Gasteiger partial charge is 0.153 e. The molecule has 4 heteroatoms. The van der Waals surface area contributed by atoms with Crippen LogP contribution < -0.4 is 0 Å². The summed E-state index contributed by atoms with van der Waals surface area (Å²) in [5.74, 6) is 0.532. The van der Waals surface area contributed by atoms with E-state index < -0.39 is 0 Å². The molecule has 0 aliphatic carbocycles. The Labute approximate surface area is 86.9 Å². The molecular formula is C9H8Cl2N2. The molecule has 1 rings (SSSR count). The Hall–Kier alpha value is -0.860. The van der Waals surface area contributed by atoms with Crippen molar-refractivity contribution in [2.45, 2.75) is 0 Å². The van der Waals surface area contributed by atoms with Crippen molar-refractivity contribution in [3.8, 4) is 0 Å². The van der Waals surface area contributed by atoms with Crippen LogP contribution in [0.5, 0.6) is 0 Å². The molecule has 0 N–H and O–H groups in total. The van der Waals surface area contributed by atoms with Crippen LogP contribution in [0.1, 0.15) is 5.56 Å². The first-order chi connectivity index (χ1) is 6.17. The summed E-state index contributed by atoms with van der Waals surface area (Å²) in [5, 5.41) is 1.12. The van der Waals surface area contributed by atoms with E-state index in [1.165, 1.54) is 0 Å². The summed E-state index contributed by atoms with van der Waals surface area (Å²) in [4.78, 5) is 7.67. The van der Waals surface area contributed by atoms with Gasteiger partial charge in [0.2, 0.25) is 0 Å². The number of benzene rings is 1. The summed E-state index contributed by atoms with van der Waals surface area (Å²) in [6.07, 6.45) is 0. The molecule has 0 radical (unpaired) electrons. The lowest BCUT2D eigenvalue weighted by molar-refractivity contribution is 1.39.